The van der Waals surface area contributed by atoms with Crippen molar-refractivity contribution in [3.05, 3.63) is 75.6 Å². The lowest BCUT2D eigenvalue weighted by molar-refractivity contribution is 0.102. The molecule has 0 aliphatic rings. The van der Waals surface area contributed by atoms with Gasteiger partial charge in [-0.3, -0.25) is 9.59 Å². The molecule has 104 valence electrons. The van der Waals surface area contributed by atoms with E-state index in [1.54, 1.807) is 42.5 Å². The molecule has 3 aromatic rings. The molecule has 0 aliphatic heterocycles. The zero-order valence-electron chi connectivity index (χ0n) is 10.8. The molecule has 5 heteroatoms. The first-order chi connectivity index (χ1) is 10.1. The molecule has 2 aromatic carbocycles. The Morgan fingerprint density at radius 2 is 1.95 bits per heavy atom. The number of anilines is 1. The Bertz CT molecular complexity index is 886. The van der Waals surface area contributed by atoms with Crippen LogP contribution in [-0.4, -0.2) is 5.91 Å². The topological polar surface area (TPSA) is 59.3 Å². The Morgan fingerprint density at radius 1 is 1.10 bits per heavy atom. The molecule has 3 rings (SSSR count). The van der Waals surface area contributed by atoms with Crippen molar-refractivity contribution < 1.29 is 9.21 Å². The van der Waals surface area contributed by atoms with Gasteiger partial charge in [-0.2, -0.15) is 0 Å². The van der Waals surface area contributed by atoms with Crippen molar-refractivity contribution in [3.63, 3.8) is 0 Å². The number of carbonyl (C=O) groups excluding carboxylic acids is 1. The molecular formula is C16H10ClNO3. The highest BCUT2D eigenvalue weighted by molar-refractivity contribution is 6.31. The Balaban J connectivity index is 1.93. The Morgan fingerprint density at radius 3 is 2.76 bits per heavy atom. The molecule has 0 fully saturated rings. The molecule has 0 spiro atoms. The Kier molecular flexibility index (Phi) is 3.46. The van der Waals surface area contributed by atoms with E-state index in [1.165, 1.54) is 12.3 Å². The number of rotatable bonds is 2. The molecule has 1 N–H and O–H groups in total. The summed E-state index contributed by atoms with van der Waals surface area (Å²) in [7, 11) is 0. The van der Waals surface area contributed by atoms with E-state index >= 15 is 0 Å². The van der Waals surface area contributed by atoms with Gasteiger partial charge in [0.2, 0.25) is 0 Å². The lowest BCUT2D eigenvalue weighted by Gasteiger charge is -2.06. The standard InChI is InChI=1S/C16H10ClNO3/c17-11-3-1-2-10(8-11)16(20)18-12-4-5-15-13(9-12)14(19)6-7-21-15/h1-9H,(H,18,20). The maximum atomic E-state index is 12.1. The van der Waals surface area contributed by atoms with Gasteiger partial charge in [-0.25, -0.2) is 0 Å². The number of benzene rings is 2. The maximum absolute atomic E-state index is 12.1. The number of halogens is 1. The first-order valence-corrected chi connectivity index (χ1v) is 6.60. The normalized spacial score (nSPS) is 10.5. The second-order valence-electron chi connectivity index (χ2n) is 4.46. The van der Waals surface area contributed by atoms with Crippen molar-refractivity contribution >= 4 is 34.2 Å². The molecule has 1 heterocycles. The van der Waals surface area contributed by atoms with Crippen LogP contribution in [0, 0.1) is 0 Å². The van der Waals surface area contributed by atoms with Crippen molar-refractivity contribution in [1.29, 1.82) is 0 Å². The van der Waals surface area contributed by atoms with E-state index in [4.69, 9.17) is 16.0 Å². The van der Waals surface area contributed by atoms with Crippen LogP contribution in [0.5, 0.6) is 0 Å². The van der Waals surface area contributed by atoms with Gasteiger partial charge in [-0.05, 0) is 36.4 Å². The fourth-order valence-corrected chi connectivity index (χ4v) is 2.19. The summed E-state index contributed by atoms with van der Waals surface area (Å²) in [6.07, 6.45) is 1.34. The Labute approximate surface area is 125 Å². The van der Waals surface area contributed by atoms with E-state index in [0.717, 1.165) is 0 Å². The van der Waals surface area contributed by atoms with E-state index in [9.17, 15) is 9.59 Å². The van der Waals surface area contributed by atoms with Crippen LogP contribution >= 0.6 is 11.6 Å². The number of nitrogens with one attached hydrogen (secondary N) is 1. The van der Waals surface area contributed by atoms with E-state index in [0.29, 0.717) is 27.2 Å². The Hall–Kier alpha value is -2.59. The fraction of sp³-hybridized carbons (Fsp3) is 0. The van der Waals surface area contributed by atoms with Gasteiger partial charge in [0.15, 0.2) is 5.43 Å². The highest BCUT2D eigenvalue weighted by atomic mass is 35.5. The van der Waals surface area contributed by atoms with Crippen LogP contribution in [0.2, 0.25) is 5.02 Å². The molecule has 21 heavy (non-hydrogen) atoms. The third-order valence-corrected chi connectivity index (χ3v) is 3.24. The minimum absolute atomic E-state index is 0.157. The maximum Gasteiger partial charge on any atom is 0.255 e. The first-order valence-electron chi connectivity index (χ1n) is 6.22. The summed E-state index contributed by atoms with van der Waals surface area (Å²) >= 11 is 5.86. The van der Waals surface area contributed by atoms with Gasteiger partial charge >= 0.3 is 0 Å². The van der Waals surface area contributed by atoms with Gasteiger partial charge in [0, 0.05) is 22.3 Å². The minimum atomic E-state index is -0.294. The summed E-state index contributed by atoms with van der Waals surface area (Å²) in [5.41, 5.74) is 1.28. The molecular weight excluding hydrogens is 290 g/mol. The van der Waals surface area contributed by atoms with Gasteiger partial charge in [-0.15, -0.1) is 0 Å². The van der Waals surface area contributed by atoms with Gasteiger partial charge < -0.3 is 9.73 Å². The summed E-state index contributed by atoms with van der Waals surface area (Å²) < 4.78 is 5.22. The first kappa shape index (κ1) is 13.4. The molecule has 1 aromatic heterocycles. The van der Waals surface area contributed by atoms with Gasteiger partial charge in [-0.1, -0.05) is 17.7 Å². The predicted octanol–water partition coefficient (Wildman–Crippen LogP) is 3.70. The molecule has 1 amide bonds. The highest BCUT2D eigenvalue weighted by Gasteiger charge is 2.08. The van der Waals surface area contributed by atoms with Crippen LogP contribution < -0.4 is 10.7 Å². The monoisotopic (exact) mass is 299 g/mol. The van der Waals surface area contributed by atoms with Crippen LogP contribution in [-0.2, 0) is 0 Å². The van der Waals surface area contributed by atoms with Crippen LogP contribution in [0.15, 0.2) is 64.0 Å². The minimum Gasteiger partial charge on any atom is -0.464 e. The number of hydrogen-bond acceptors (Lipinski definition) is 3. The lowest BCUT2D eigenvalue weighted by atomic mass is 10.2. The van der Waals surface area contributed by atoms with Gasteiger partial charge in [0.1, 0.15) is 5.58 Å². The van der Waals surface area contributed by atoms with E-state index in [2.05, 4.69) is 5.32 Å². The smallest absolute Gasteiger partial charge is 0.255 e. The largest absolute Gasteiger partial charge is 0.464 e. The number of hydrogen-bond donors (Lipinski definition) is 1. The van der Waals surface area contributed by atoms with Crippen molar-refractivity contribution in [1.82, 2.24) is 0 Å². The fourth-order valence-electron chi connectivity index (χ4n) is 1.99. The van der Waals surface area contributed by atoms with E-state index in [-0.39, 0.29) is 11.3 Å². The number of fused-ring (bicyclic) bond motifs is 1. The highest BCUT2D eigenvalue weighted by Crippen LogP contribution is 2.18. The molecule has 0 atom stereocenters. The average molecular weight is 300 g/mol. The summed E-state index contributed by atoms with van der Waals surface area (Å²) in [6, 6.07) is 12.9. The molecule has 0 radical (unpaired) electrons. The van der Waals surface area contributed by atoms with E-state index in [1.807, 2.05) is 0 Å². The quantitative estimate of drug-likeness (QED) is 0.785. The van der Waals surface area contributed by atoms with Crippen LogP contribution in [0.25, 0.3) is 11.0 Å². The van der Waals surface area contributed by atoms with Crippen LogP contribution in [0.4, 0.5) is 5.69 Å². The van der Waals surface area contributed by atoms with Crippen LogP contribution in [0.3, 0.4) is 0 Å². The molecule has 4 nitrogen and oxygen atoms in total. The summed E-state index contributed by atoms with van der Waals surface area (Å²) in [6.45, 7) is 0. The molecule has 0 bridgehead atoms. The zero-order valence-corrected chi connectivity index (χ0v) is 11.6. The molecule has 0 saturated carbocycles. The third-order valence-electron chi connectivity index (χ3n) is 3.00. The van der Waals surface area contributed by atoms with Gasteiger partial charge in [0.25, 0.3) is 5.91 Å². The third kappa shape index (κ3) is 2.80. The number of carbonyl (C=O) groups is 1. The summed E-state index contributed by atoms with van der Waals surface area (Å²) in [5.74, 6) is -0.294. The van der Waals surface area contributed by atoms with Gasteiger partial charge in [0.05, 0.1) is 11.6 Å². The van der Waals surface area contributed by atoms with Crippen molar-refractivity contribution in [2.45, 2.75) is 0 Å². The predicted molar refractivity (Wildman–Crippen MR) is 81.9 cm³/mol. The van der Waals surface area contributed by atoms with E-state index < -0.39 is 0 Å². The zero-order chi connectivity index (χ0) is 14.8. The second kappa shape index (κ2) is 5.42. The SMILES string of the molecule is O=C(Nc1ccc2occc(=O)c2c1)c1cccc(Cl)c1. The molecule has 0 aliphatic carbocycles. The lowest BCUT2D eigenvalue weighted by Crippen LogP contribution is -2.12. The van der Waals surface area contributed by atoms with Crippen LogP contribution in [0.1, 0.15) is 10.4 Å². The number of amides is 1. The molecule has 0 unspecified atom stereocenters. The summed E-state index contributed by atoms with van der Waals surface area (Å²) in [4.78, 5) is 23.9. The molecule has 0 saturated heterocycles. The average Bonchev–Trinajstić information content (AvgIpc) is 2.48. The summed E-state index contributed by atoms with van der Waals surface area (Å²) in [5, 5.41) is 3.63. The van der Waals surface area contributed by atoms with Crippen molar-refractivity contribution in [2.75, 3.05) is 5.32 Å². The van der Waals surface area contributed by atoms with Crippen molar-refractivity contribution in [2.24, 2.45) is 0 Å². The second-order valence-corrected chi connectivity index (χ2v) is 4.90. The van der Waals surface area contributed by atoms with Crippen molar-refractivity contribution in [3.8, 4) is 0 Å².